The molecule has 3 aliphatic carbocycles. The van der Waals surface area contributed by atoms with Gasteiger partial charge in [0.1, 0.15) is 0 Å². The molecule has 3 aliphatic rings. The van der Waals surface area contributed by atoms with Crippen LogP contribution < -0.4 is 11.1 Å². The molecule has 0 spiro atoms. The molecule has 3 amide bonds. The van der Waals surface area contributed by atoms with Crippen LogP contribution >= 0.6 is 0 Å². The van der Waals surface area contributed by atoms with E-state index in [1.54, 1.807) is 0 Å². The van der Waals surface area contributed by atoms with Crippen LogP contribution in [-0.2, 0) is 11.3 Å². The first-order valence-electron chi connectivity index (χ1n) is 6.97. The average Bonchev–Trinajstić information content (AvgIpc) is 2.32. The zero-order valence-electron chi connectivity index (χ0n) is 11.3. The Hall–Kier alpha value is -2.04. The van der Waals surface area contributed by atoms with Crippen LogP contribution in [0.25, 0.3) is 0 Å². The first-order valence-corrected chi connectivity index (χ1v) is 6.97. The third kappa shape index (κ3) is 2.24. The number of rotatable bonds is 5. The van der Waals surface area contributed by atoms with Gasteiger partial charge in [0.2, 0.25) is 5.91 Å². The predicted molar refractivity (Wildman–Crippen MR) is 74.7 cm³/mol. The maximum atomic E-state index is 12.4. The van der Waals surface area contributed by atoms with Crippen LogP contribution in [0, 0.1) is 5.92 Å². The van der Waals surface area contributed by atoms with E-state index >= 15 is 0 Å². The Balaban J connectivity index is 1.71. The molecule has 2 bridgehead atoms. The second-order valence-corrected chi connectivity index (χ2v) is 5.89. The van der Waals surface area contributed by atoms with Crippen LogP contribution in [0.5, 0.6) is 0 Å². The van der Waals surface area contributed by atoms with E-state index < -0.39 is 6.03 Å². The van der Waals surface area contributed by atoms with Crippen molar-refractivity contribution < 1.29 is 9.59 Å². The van der Waals surface area contributed by atoms with Crippen LogP contribution in [0.3, 0.4) is 0 Å². The Morgan fingerprint density at radius 2 is 1.90 bits per heavy atom. The van der Waals surface area contributed by atoms with Crippen LogP contribution in [0.1, 0.15) is 24.8 Å². The minimum atomic E-state index is -0.657. The van der Waals surface area contributed by atoms with E-state index in [1.165, 1.54) is 0 Å². The summed E-state index contributed by atoms with van der Waals surface area (Å²) >= 11 is 0. The molecule has 0 saturated heterocycles. The quantitative estimate of drug-likeness (QED) is 0.846. The fourth-order valence-corrected chi connectivity index (χ4v) is 3.31. The summed E-state index contributed by atoms with van der Waals surface area (Å²) in [7, 11) is 0. The van der Waals surface area contributed by atoms with Gasteiger partial charge in [-0.25, -0.2) is 4.79 Å². The average molecular weight is 273 g/mol. The zero-order chi connectivity index (χ0) is 14.2. The molecule has 5 heteroatoms. The van der Waals surface area contributed by atoms with Crippen molar-refractivity contribution in [1.82, 2.24) is 10.2 Å². The number of carbonyl (C=O) groups is 2. The summed E-state index contributed by atoms with van der Waals surface area (Å²) in [6, 6.07) is 9.30. The summed E-state index contributed by atoms with van der Waals surface area (Å²) in [6.07, 6.45) is 3.30. The van der Waals surface area contributed by atoms with E-state index in [-0.39, 0.29) is 18.0 Å². The number of carbonyl (C=O) groups excluding carboxylic acids is 2. The van der Waals surface area contributed by atoms with Crippen molar-refractivity contribution in [2.45, 2.75) is 31.3 Å². The smallest absolute Gasteiger partial charge is 0.312 e. The third-order valence-electron chi connectivity index (χ3n) is 4.48. The maximum absolute atomic E-state index is 12.4. The number of hydrogen-bond donors (Lipinski definition) is 2. The van der Waals surface area contributed by atoms with E-state index in [1.807, 2.05) is 35.2 Å². The van der Waals surface area contributed by atoms with Crippen molar-refractivity contribution in [3.8, 4) is 0 Å². The van der Waals surface area contributed by atoms with Crippen molar-refractivity contribution in [3.63, 3.8) is 0 Å². The Morgan fingerprint density at radius 1 is 1.25 bits per heavy atom. The van der Waals surface area contributed by atoms with Crippen molar-refractivity contribution in [1.29, 1.82) is 0 Å². The Morgan fingerprint density at radius 3 is 2.40 bits per heavy atom. The molecule has 5 nitrogen and oxygen atoms in total. The summed E-state index contributed by atoms with van der Waals surface area (Å²) in [6.45, 7) is 0.585. The summed E-state index contributed by atoms with van der Waals surface area (Å²) in [4.78, 5) is 25.1. The highest BCUT2D eigenvalue weighted by Gasteiger charge is 2.60. The monoisotopic (exact) mass is 273 g/mol. The molecule has 0 unspecified atom stereocenters. The van der Waals surface area contributed by atoms with E-state index in [9.17, 15) is 9.59 Å². The number of nitrogens with one attached hydrogen (secondary N) is 1. The highest BCUT2D eigenvalue weighted by atomic mass is 16.2. The number of nitrogens with zero attached hydrogens (tertiary/aromatic N) is 1. The zero-order valence-corrected chi connectivity index (χ0v) is 11.3. The lowest BCUT2D eigenvalue weighted by atomic mass is 9.49. The number of amides is 3. The van der Waals surface area contributed by atoms with Gasteiger partial charge in [-0.15, -0.1) is 0 Å². The van der Waals surface area contributed by atoms with Gasteiger partial charge in [-0.1, -0.05) is 30.3 Å². The lowest BCUT2D eigenvalue weighted by Gasteiger charge is -2.66. The molecule has 20 heavy (non-hydrogen) atoms. The molecule has 106 valence electrons. The van der Waals surface area contributed by atoms with Crippen molar-refractivity contribution >= 4 is 11.9 Å². The molecule has 1 aromatic carbocycles. The molecule has 3 N–H and O–H groups in total. The minimum Gasteiger partial charge on any atom is -0.352 e. The summed E-state index contributed by atoms with van der Waals surface area (Å²) in [5, 5.41) is 2.40. The maximum Gasteiger partial charge on any atom is 0.312 e. The second kappa shape index (κ2) is 4.81. The van der Waals surface area contributed by atoms with Crippen molar-refractivity contribution in [3.05, 3.63) is 35.9 Å². The number of urea groups is 1. The van der Waals surface area contributed by atoms with E-state index in [2.05, 4.69) is 5.32 Å². The van der Waals surface area contributed by atoms with E-state index in [0.29, 0.717) is 6.54 Å². The van der Waals surface area contributed by atoms with Crippen LogP contribution in [0.2, 0.25) is 0 Å². The highest BCUT2D eigenvalue weighted by molar-refractivity contribution is 5.84. The molecule has 0 atom stereocenters. The lowest BCUT2D eigenvalue weighted by molar-refractivity contribution is -0.173. The molecule has 0 aromatic heterocycles. The van der Waals surface area contributed by atoms with Gasteiger partial charge in [0, 0.05) is 12.1 Å². The Labute approximate surface area is 118 Å². The molecule has 0 aliphatic heterocycles. The molecular formula is C15H19N3O2. The first-order chi connectivity index (χ1) is 9.59. The number of nitrogens with two attached hydrogens (primary N) is 1. The molecule has 0 heterocycles. The minimum absolute atomic E-state index is 0.0193. The summed E-state index contributed by atoms with van der Waals surface area (Å²) in [5.41, 5.74) is 6.19. The molecular weight excluding hydrogens is 254 g/mol. The topological polar surface area (TPSA) is 75.4 Å². The number of hydrogen-bond acceptors (Lipinski definition) is 2. The second-order valence-electron chi connectivity index (χ2n) is 5.89. The largest absolute Gasteiger partial charge is 0.352 e. The standard InChI is InChI=1S/C15H19N3O2/c16-14(20)17-9-13(19)18(15-6-12(7-15)8-15)10-11-4-2-1-3-5-11/h1-5,12H,6-10H2,(H3,16,17,20). The predicted octanol–water partition coefficient (Wildman–Crippen LogP) is 1.24. The number of benzene rings is 1. The van der Waals surface area contributed by atoms with Crippen LogP contribution in [0.4, 0.5) is 4.79 Å². The van der Waals surface area contributed by atoms with Gasteiger partial charge in [0.15, 0.2) is 0 Å². The van der Waals surface area contributed by atoms with Gasteiger partial charge in [0.05, 0.1) is 6.54 Å². The normalized spacial score (nSPS) is 26.1. The molecule has 3 saturated carbocycles. The van der Waals surface area contributed by atoms with E-state index in [0.717, 1.165) is 30.7 Å². The third-order valence-corrected chi connectivity index (χ3v) is 4.48. The van der Waals surface area contributed by atoms with Gasteiger partial charge in [-0.3, -0.25) is 4.79 Å². The van der Waals surface area contributed by atoms with Gasteiger partial charge < -0.3 is 16.0 Å². The first kappa shape index (κ1) is 13.0. The van der Waals surface area contributed by atoms with Gasteiger partial charge in [-0.2, -0.15) is 0 Å². The van der Waals surface area contributed by atoms with Crippen molar-refractivity contribution in [2.24, 2.45) is 11.7 Å². The fraction of sp³-hybridized carbons (Fsp3) is 0.467. The molecule has 1 aromatic rings. The number of primary amides is 1. The Kier molecular flexibility index (Phi) is 3.12. The van der Waals surface area contributed by atoms with Crippen LogP contribution in [0.15, 0.2) is 30.3 Å². The fourth-order valence-electron chi connectivity index (χ4n) is 3.31. The lowest BCUT2D eigenvalue weighted by Crippen LogP contribution is -2.70. The molecule has 3 fully saturated rings. The van der Waals surface area contributed by atoms with Crippen LogP contribution in [-0.4, -0.2) is 28.9 Å². The molecule has 0 radical (unpaired) electrons. The Bertz CT molecular complexity index is 512. The van der Waals surface area contributed by atoms with Gasteiger partial charge in [-0.05, 0) is 30.7 Å². The summed E-state index contributed by atoms with van der Waals surface area (Å²) in [5.74, 6) is 0.746. The van der Waals surface area contributed by atoms with Gasteiger partial charge >= 0.3 is 6.03 Å². The highest BCUT2D eigenvalue weighted by Crippen LogP contribution is 2.60. The van der Waals surface area contributed by atoms with Crippen molar-refractivity contribution in [2.75, 3.05) is 6.54 Å². The van der Waals surface area contributed by atoms with E-state index in [4.69, 9.17) is 5.73 Å². The van der Waals surface area contributed by atoms with Gasteiger partial charge in [0.25, 0.3) is 0 Å². The SMILES string of the molecule is NC(=O)NCC(=O)N(Cc1ccccc1)C12CC(C1)C2. The molecule has 4 rings (SSSR count). The summed E-state index contributed by atoms with van der Waals surface area (Å²) < 4.78 is 0.